The average Bonchev–Trinajstić information content (AvgIpc) is 2.79. The molecule has 2 aromatic rings. The third-order valence-corrected chi connectivity index (χ3v) is 2.32. The van der Waals surface area contributed by atoms with Crippen molar-refractivity contribution < 1.29 is 14.1 Å². The van der Waals surface area contributed by atoms with E-state index in [1.54, 1.807) is 31.2 Å². The summed E-state index contributed by atoms with van der Waals surface area (Å²) in [5.74, 6) is -0.532. The van der Waals surface area contributed by atoms with Gasteiger partial charge in [0.05, 0.1) is 17.2 Å². The number of rotatable bonds is 3. The summed E-state index contributed by atoms with van der Waals surface area (Å²) in [6, 6.07) is 7.00. The zero-order chi connectivity index (χ0) is 12.3. The monoisotopic (exact) mass is 252 g/mol. The number of carbonyl (C=O) groups is 1. The molecule has 2 rings (SSSR count). The van der Waals surface area contributed by atoms with E-state index in [0.717, 1.165) is 0 Å². The maximum atomic E-state index is 11.3. The normalized spacial score (nSPS) is 10.2. The number of ether oxygens (including phenoxy) is 1. The zero-order valence-electron chi connectivity index (χ0n) is 9.01. The van der Waals surface area contributed by atoms with Crippen LogP contribution in [-0.4, -0.2) is 22.7 Å². The molecule has 0 fully saturated rings. The molecule has 0 N–H and O–H groups in total. The van der Waals surface area contributed by atoms with Gasteiger partial charge in [-0.1, -0.05) is 23.7 Å². The molecule has 0 aliphatic heterocycles. The van der Waals surface area contributed by atoms with Crippen molar-refractivity contribution in [1.82, 2.24) is 10.1 Å². The van der Waals surface area contributed by atoms with Gasteiger partial charge in [0.2, 0.25) is 0 Å². The molecular weight excluding hydrogens is 244 g/mol. The largest absolute Gasteiger partial charge is 0.460 e. The Hall–Kier alpha value is -1.88. The number of halogens is 1. The van der Waals surface area contributed by atoms with Crippen LogP contribution < -0.4 is 0 Å². The van der Waals surface area contributed by atoms with Crippen LogP contribution in [0.15, 0.2) is 28.8 Å². The number of hydrogen-bond acceptors (Lipinski definition) is 5. The molecule has 0 aliphatic carbocycles. The molecule has 17 heavy (non-hydrogen) atoms. The summed E-state index contributed by atoms with van der Waals surface area (Å²) in [5, 5.41) is 4.01. The highest BCUT2D eigenvalue weighted by Gasteiger charge is 2.17. The Morgan fingerprint density at radius 3 is 2.94 bits per heavy atom. The Morgan fingerprint density at radius 2 is 2.24 bits per heavy atom. The van der Waals surface area contributed by atoms with Gasteiger partial charge < -0.3 is 9.26 Å². The molecule has 1 heterocycles. The first-order valence-corrected chi connectivity index (χ1v) is 5.36. The second kappa shape index (κ2) is 4.97. The van der Waals surface area contributed by atoms with E-state index in [-0.39, 0.29) is 18.3 Å². The maximum Gasteiger partial charge on any atom is 0.379 e. The van der Waals surface area contributed by atoms with Crippen LogP contribution in [0.3, 0.4) is 0 Å². The molecule has 0 bridgehead atoms. The number of aromatic nitrogens is 2. The van der Waals surface area contributed by atoms with E-state index in [2.05, 4.69) is 10.1 Å². The standard InChI is InChI=1S/C11H9ClN2O3/c1-2-16-11(15)9-13-10(17-14-9)7-5-3-4-6-8(7)12/h3-6H,2H2,1H3. The van der Waals surface area contributed by atoms with Crippen molar-refractivity contribution in [3.63, 3.8) is 0 Å². The molecule has 0 amide bonds. The molecule has 0 atom stereocenters. The van der Waals surface area contributed by atoms with E-state index in [4.69, 9.17) is 20.9 Å². The highest BCUT2D eigenvalue weighted by atomic mass is 35.5. The highest BCUT2D eigenvalue weighted by Crippen LogP contribution is 2.25. The van der Waals surface area contributed by atoms with Gasteiger partial charge >= 0.3 is 5.97 Å². The summed E-state index contributed by atoms with van der Waals surface area (Å²) in [6.45, 7) is 1.96. The molecule has 6 heteroatoms. The summed E-state index contributed by atoms with van der Waals surface area (Å²) in [7, 11) is 0. The number of nitrogens with zero attached hydrogens (tertiary/aromatic N) is 2. The third-order valence-electron chi connectivity index (χ3n) is 1.99. The van der Waals surface area contributed by atoms with Gasteiger partial charge in [0.25, 0.3) is 11.7 Å². The van der Waals surface area contributed by atoms with Gasteiger partial charge in [0.15, 0.2) is 0 Å². The van der Waals surface area contributed by atoms with Gasteiger partial charge in [-0.3, -0.25) is 0 Å². The predicted molar refractivity (Wildman–Crippen MR) is 60.7 cm³/mol. The summed E-state index contributed by atoms with van der Waals surface area (Å²) < 4.78 is 9.70. The lowest BCUT2D eigenvalue weighted by Gasteiger charge is -1.96. The average molecular weight is 253 g/mol. The minimum atomic E-state index is -0.616. The quantitative estimate of drug-likeness (QED) is 0.786. The minimum Gasteiger partial charge on any atom is -0.460 e. The van der Waals surface area contributed by atoms with E-state index >= 15 is 0 Å². The smallest absolute Gasteiger partial charge is 0.379 e. The lowest BCUT2D eigenvalue weighted by molar-refractivity contribution is 0.0508. The Morgan fingerprint density at radius 1 is 1.47 bits per heavy atom. The lowest BCUT2D eigenvalue weighted by atomic mass is 10.2. The van der Waals surface area contributed by atoms with Crippen molar-refractivity contribution in [2.75, 3.05) is 6.61 Å². The van der Waals surface area contributed by atoms with Gasteiger partial charge in [0, 0.05) is 0 Å². The Balaban J connectivity index is 2.30. The topological polar surface area (TPSA) is 65.2 Å². The number of esters is 1. The molecule has 1 aromatic heterocycles. The van der Waals surface area contributed by atoms with Crippen molar-refractivity contribution in [1.29, 1.82) is 0 Å². The first-order chi connectivity index (χ1) is 8.22. The SMILES string of the molecule is CCOC(=O)c1noc(-c2ccccc2Cl)n1. The number of benzene rings is 1. The van der Waals surface area contributed by atoms with E-state index in [1.165, 1.54) is 0 Å². The zero-order valence-corrected chi connectivity index (χ0v) is 9.77. The van der Waals surface area contributed by atoms with Crippen LogP contribution in [0.1, 0.15) is 17.5 Å². The Labute approximate surface area is 102 Å². The molecule has 0 saturated heterocycles. The van der Waals surface area contributed by atoms with Gasteiger partial charge in [-0.25, -0.2) is 4.79 Å². The lowest BCUT2D eigenvalue weighted by Crippen LogP contribution is -2.06. The Bertz CT molecular complexity index is 539. The van der Waals surface area contributed by atoms with Gasteiger partial charge in [-0.2, -0.15) is 4.98 Å². The third kappa shape index (κ3) is 2.45. The molecule has 0 spiro atoms. The molecule has 0 aliphatic rings. The van der Waals surface area contributed by atoms with Crippen molar-refractivity contribution in [3.05, 3.63) is 35.1 Å². The fourth-order valence-electron chi connectivity index (χ4n) is 1.25. The van der Waals surface area contributed by atoms with Crippen molar-refractivity contribution >= 4 is 17.6 Å². The number of hydrogen-bond donors (Lipinski definition) is 0. The number of carbonyl (C=O) groups excluding carboxylic acids is 1. The molecule has 88 valence electrons. The second-order valence-corrected chi connectivity index (χ2v) is 3.53. The Kier molecular flexibility index (Phi) is 3.39. The van der Waals surface area contributed by atoms with Gasteiger partial charge in [-0.05, 0) is 24.2 Å². The van der Waals surface area contributed by atoms with E-state index in [9.17, 15) is 4.79 Å². The predicted octanol–water partition coefficient (Wildman–Crippen LogP) is 2.57. The van der Waals surface area contributed by atoms with Crippen molar-refractivity contribution in [2.24, 2.45) is 0 Å². The van der Waals surface area contributed by atoms with Crippen LogP contribution in [0.2, 0.25) is 5.02 Å². The summed E-state index contributed by atoms with van der Waals surface area (Å²) in [4.78, 5) is 15.3. The molecule has 0 unspecified atom stereocenters. The van der Waals surface area contributed by atoms with Crippen molar-refractivity contribution in [3.8, 4) is 11.5 Å². The molecule has 0 saturated carbocycles. The van der Waals surface area contributed by atoms with Crippen molar-refractivity contribution in [2.45, 2.75) is 6.92 Å². The van der Waals surface area contributed by atoms with E-state index < -0.39 is 5.97 Å². The highest BCUT2D eigenvalue weighted by molar-refractivity contribution is 6.33. The van der Waals surface area contributed by atoms with Crippen LogP contribution in [0.25, 0.3) is 11.5 Å². The molecular formula is C11H9ClN2O3. The van der Waals surface area contributed by atoms with Gasteiger partial charge in [0.1, 0.15) is 0 Å². The fourth-order valence-corrected chi connectivity index (χ4v) is 1.46. The molecule has 5 nitrogen and oxygen atoms in total. The summed E-state index contributed by atoms with van der Waals surface area (Å²) >= 11 is 5.96. The van der Waals surface area contributed by atoms with E-state index in [0.29, 0.717) is 10.6 Å². The van der Waals surface area contributed by atoms with Crippen LogP contribution >= 0.6 is 11.6 Å². The van der Waals surface area contributed by atoms with Crippen LogP contribution in [0.5, 0.6) is 0 Å². The summed E-state index contributed by atoms with van der Waals surface area (Å²) in [5.41, 5.74) is 0.581. The minimum absolute atomic E-state index is 0.109. The maximum absolute atomic E-state index is 11.3. The fraction of sp³-hybridized carbons (Fsp3) is 0.182. The first kappa shape index (κ1) is 11.6. The second-order valence-electron chi connectivity index (χ2n) is 3.12. The van der Waals surface area contributed by atoms with E-state index in [1.807, 2.05) is 0 Å². The van der Waals surface area contributed by atoms with Crippen LogP contribution in [0.4, 0.5) is 0 Å². The van der Waals surface area contributed by atoms with Crippen LogP contribution in [0, 0.1) is 0 Å². The molecule has 1 aromatic carbocycles. The van der Waals surface area contributed by atoms with Crippen LogP contribution in [-0.2, 0) is 4.74 Å². The molecule has 0 radical (unpaired) electrons. The first-order valence-electron chi connectivity index (χ1n) is 4.98. The van der Waals surface area contributed by atoms with Gasteiger partial charge in [-0.15, -0.1) is 0 Å². The summed E-state index contributed by atoms with van der Waals surface area (Å²) in [6.07, 6.45) is 0.